The molecule has 0 amide bonds. The van der Waals surface area contributed by atoms with Gasteiger partial charge in [0.25, 0.3) is 0 Å². The Balaban J connectivity index is 1.11. The van der Waals surface area contributed by atoms with Gasteiger partial charge in [-0.15, -0.1) is 0 Å². The molecular weight excluding hydrogens is 686 g/mol. The summed E-state index contributed by atoms with van der Waals surface area (Å²) in [6.45, 7) is 0. The number of fused-ring (bicyclic) bond motifs is 6. The molecule has 1 atom stereocenters. The van der Waals surface area contributed by atoms with Crippen LogP contribution >= 0.6 is 0 Å². The van der Waals surface area contributed by atoms with Crippen molar-refractivity contribution < 1.29 is 33.4 Å². The molecule has 0 aliphatic rings. The predicted octanol–water partition coefficient (Wildman–Crippen LogP) is 7.90. The van der Waals surface area contributed by atoms with Crippen LogP contribution in [0.15, 0.2) is 131 Å². The summed E-state index contributed by atoms with van der Waals surface area (Å²) in [6, 6.07) is 30.2. The number of ether oxygens (including phenoxy) is 2. The van der Waals surface area contributed by atoms with Crippen LogP contribution in [0.2, 0.25) is 0 Å². The Kier molecular flexibility index (Phi) is 7.81. The molecule has 0 bridgehead atoms. The van der Waals surface area contributed by atoms with Gasteiger partial charge in [0, 0.05) is 62.1 Å². The van der Waals surface area contributed by atoms with Gasteiger partial charge in [-0.1, -0.05) is 66.7 Å². The molecule has 1 unspecified atom stereocenters. The molecule has 4 aromatic heterocycles. The van der Waals surface area contributed by atoms with Crippen molar-refractivity contribution in [3.05, 3.63) is 154 Å². The first-order valence-electron chi connectivity index (χ1n) is 17.2. The number of benzene rings is 5. The molecule has 11 nitrogen and oxygen atoms in total. The average Bonchev–Trinajstić information content (AvgIpc) is 3.90. The second kappa shape index (κ2) is 13.0. The van der Waals surface area contributed by atoms with Crippen molar-refractivity contribution in [2.75, 3.05) is 0 Å². The second-order valence-electron chi connectivity index (χ2n) is 13.1. The normalized spacial score (nSPS) is 12.1. The molecule has 0 spiro atoms. The van der Waals surface area contributed by atoms with Gasteiger partial charge in [-0.25, -0.2) is 4.79 Å². The fourth-order valence-corrected chi connectivity index (χ4v) is 7.26. The number of para-hydroxylation sites is 3. The molecule has 11 heteroatoms. The number of rotatable bonds is 9. The minimum atomic E-state index is -1.08. The molecule has 0 fully saturated rings. The van der Waals surface area contributed by atoms with Crippen molar-refractivity contribution in [2.45, 2.75) is 18.8 Å². The minimum absolute atomic E-state index is 0.0715. The first kappa shape index (κ1) is 32.5. The van der Waals surface area contributed by atoms with E-state index < -0.39 is 29.5 Å². The quantitative estimate of drug-likeness (QED) is 0.0506. The zero-order valence-electron chi connectivity index (χ0n) is 28.3. The number of carbonyl (C=O) groups is 3. The molecule has 4 heterocycles. The van der Waals surface area contributed by atoms with Gasteiger partial charge in [-0.2, -0.15) is 0 Å². The lowest BCUT2D eigenvalue weighted by molar-refractivity contribution is -0.138. The maximum Gasteiger partial charge on any atom is 0.344 e. The highest BCUT2D eigenvalue weighted by atomic mass is 16.6. The monoisotopic (exact) mass is 715 g/mol. The van der Waals surface area contributed by atoms with Crippen molar-refractivity contribution in [1.29, 1.82) is 0 Å². The summed E-state index contributed by atoms with van der Waals surface area (Å²) in [4.78, 5) is 62.6. The fourth-order valence-electron chi connectivity index (χ4n) is 7.26. The highest BCUT2D eigenvalue weighted by molar-refractivity contribution is 6.06. The highest BCUT2D eigenvalue weighted by Gasteiger charge is 2.27. The molecule has 0 saturated heterocycles. The van der Waals surface area contributed by atoms with E-state index in [0.717, 1.165) is 38.3 Å². The highest BCUT2D eigenvalue weighted by Crippen LogP contribution is 2.38. The maximum atomic E-state index is 13.6. The Morgan fingerprint density at radius 3 is 1.70 bits per heavy atom. The third kappa shape index (κ3) is 5.73. The Morgan fingerprint density at radius 1 is 0.593 bits per heavy atom. The SMILES string of the molecule is O=C(Cc1c[nH]c2ccccc12)Oc1cc2c(=O)oc3cc(C(C(=O)O)c4c[nH]c5ccccc45)ccc3c2cc1OC(=O)Cc1c[nH]c2ccccc12. The van der Waals surface area contributed by atoms with Crippen LogP contribution in [0.1, 0.15) is 28.2 Å². The van der Waals surface area contributed by atoms with Crippen LogP contribution in [-0.4, -0.2) is 38.0 Å². The van der Waals surface area contributed by atoms with Gasteiger partial charge in [0.1, 0.15) is 11.5 Å². The number of hydrogen-bond donors (Lipinski definition) is 4. The van der Waals surface area contributed by atoms with Crippen LogP contribution in [0.4, 0.5) is 0 Å². The number of hydrogen-bond acceptors (Lipinski definition) is 7. The standard InChI is InChI=1S/C43H29N3O8/c47-39(16-24-20-44-33-10-4-1-7-26(24)33)52-37-18-30-29-14-13-23(41(42(49)50)32-22-46-35-12-6-3-9-28(32)35)15-36(29)54-43(51)31(30)19-38(37)53-40(48)17-25-21-45-34-11-5-2-8-27(25)34/h1-15,18-22,41,44-46H,16-17H2,(H,49,50). The molecule has 5 aromatic carbocycles. The van der Waals surface area contributed by atoms with Gasteiger partial charge >= 0.3 is 23.5 Å². The van der Waals surface area contributed by atoms with E-state index in [-0.39, 0.29) is 35.3 Å². The van der Waals surface area contributed by atoms with E-state index >= 15 is 0 Å². The number of esters is 2. The number of carboxylic acids is 1. The molecule has 0 aliphatic heterocycles. The second-order valence-corrected chi connectivity index (χ2v) is 13.1. The topological polar surface area (TPSA) is 167 Å². The van der Waals surface area contributed by atoms with Gasteiger partial charge in [-0.05, 0) is 58.7 Å². The summed E-state index contributed by atoms with van der Waals surface area (Å²) in [7, 11) is 0. The Hall–Kier alpha value is -7.40. The predicted molar refractivity (Wildman–Crippen MR) is 203 cm³/mol. The maximum absolute atomic E-state index is 13.6. The van der Waals surface area contributed by atoms with Gasteiger partial charge in [0.15, 0.2) is 11.5 Å². The number of aliphatic carboxylic acids is 1. The summed E-state index contributed by atoms with van der Waals surface area (Å²) in [5.74, 6) is -3.60. The molecule has 9 aromatic rings. The lowest BCUT2D eigenvalue weighted by Gasteiger charge is -2.15. The number of aromatic nitrogens is 3. The van der Waals surface area contributed by atoms with Crippen molar-refractivity contribution >= 4 is 72.4 Å². The van der Waals surface area contributed by atoms with Crippen LogP contribution in [0.3, 0.4) is 0 Å². The molecule has 264 valence electrons. The van der Waals surface area contributed by atoms with E-state index in [2.05, 4.69) is 15.0 Å². The molecule has 0 aliphatic carbocycles. The smallest absolute Gasteiger partial charge is 0.344 e. The number of carbonyl (C=O) groups excluding carboxylic acids is 2. The van der Waals surface area contributed by atoms with Gasteiger partial charge < -0.3 is 33.9 Å². The Bertz CT molecular complexity index is 3020. The van der Waals surface area contributed by atoms with Crippen LogP contribution < -0.4 is 15.1 Å². The molecule has 0 saturated carbocycles. The van der Waals surface area contributed by atoms with E-state index in [1.165, 1.54) is 18.2 Å². The van der Waals surface area contributed by atoms with Gasteiger partial charge in [-0.3, -0.25) is 14.4 Å². The zero-order chi connectivity index (χ0) is 36.9. The molecule has 4 N–H and O–H groups in total. The first-order chi connectivity index (χ1) is 26.3. The van der Waals surface area contributed by atoms with Crippen LogP contribution in [0.25, 0.3) is 54.5 Å². The summed E-state index contributed by atoms with van der Waals surface area (Å²) >= 11 is 0. The molecular formula is C43H29N3O8. The van der Waals surface area contributed by atoms with Gasteiger partial charge in [0.2, 0.25) is 0 Å². The summed E-state index contributed by atoms with van der Waals surface area (Å²) < 4.78 is 17.5. The van der Waals surface area contributed by atoms with E-state index in [1.807, 2.05) is 72.8 Å². The fraction of sp³-hybridized carbons (Fsp3) is 0.0698. The van der Waals surface area contributed by atoms with Crippen molar-refractivity contribution in [2.24, 2.45) is 0 Å². The first-order valence-corrected chi connectivity index (χ1v) is 17.2. The molecule has 54 heavy (non-hydrogen) atoms. The van der Waals surface area contributed by atoms with E-state index in [4.69, 9.17) is 13.9 Å². The van der Waals surface area contributed by atoms with Crippen molar-refractivity contribution in [1.82, 2.24) is 15.0 Å². The average molecular weight is 716 g/mol. The largest absolute Gasteiger partial charge is 0.481 e. The minimum Gasteiger partial charge on any atom is -0.481 e. The Morgan fingerprint density at radius 2 is 1.11 bits per heavy atom. The lowest BCUT2D eigenvalue weighted by Crippen LogP contribution is -2.15. The van der Waals surface area contributed by atoms with E-state index in [9.17, 15) is 24.3 Å². The zero-order valence-corrected chi connectivity index (χ0v) is 28.3. The lowest BCUT2D eigenvalue weighted by atomic mass is 9.90. The Labute approximate surface area is 304 Å². The summed E-state index contributed by atoms with van der Waals surface area (Å²) in [5, 5.41) is 13.7. The van der Waals surface area contributed by atoms with E-state index in [0.29, 0.717) is 27.5 Å². The molecule has 0 radical (unpaired) electrons. The molecule has 9 rings (SSSR count). The summed E-state index contributed by atoms with van der Waals surface area (Å²) in [6.07, 6.45) is 4.96. The number of H-pyrrole nitrogens is 3. The summed E-state index contributed by atoms with van der Waals surface area (Å²) in [5.41, 5.74) is 4.29. The van der Waals surface area contributed by atoms with Crippen LogP contribution in [0.5, 0.6) is 11.5 Å². The van der Waals surface area contributed by atoms with Crippen LogP contribution in [0, 0.1) is 0 Å². The number of nitrogens with one attached hydrogen (secondary N) is 3. The van der Waals surface area contributed by atoms with E-state index in [1.54, 1.807) is 30.7 Å². The third-order valence-electron chi connectivity index (χ3n) is 9.78. The van der Waals surface area contributed by atoms with Crippen molar-refractivity contribution in [3.63, 3.8) is 0 Å². The number of aromatic amines is 3. The van der Waals surface area contributed by atoms with Crippen LogP contribution in [-0.2, 0) is 27.2 Å². The van der Waals surface area contributed by atoms with Gasteiger partial charge in [0.05, 0.1) is 18.2 Å². The number of carboxylic acid groups (broad SMARTS) is 1. The van der Waals surface area contributed by atoms with Crippen molar-refractivity contribution in [3.8, 4) is 11.5 Å². The third-order valence-corrected chi connectivity index (χ3v) is 9.78.